The Morgan fingerprint density at radius 2 is 1.84 bits per heavy atom. The Hall–Kier alpha value is -3.87. The number of hydrogen-bond donors (Lipinski definition) is 1. The molecule has 2 aromatic rings. The van der Waals surface area contributed by atoms with Crippen molar-refractivity contribution in [3.8, 4) is 6.07 Å². The maximum atomic E-state index is 13.1. The average molecular weight is 430 g/mol. The Labute approximate surface area is 175 Å². The largest absolute Gasteiger partial charge is 0.416 e. The summed E-state index contributed by atoms with van der Waals surface area (Å²) < 4.78 is 39.2. The van der Waals surface area contributed by atoms with E-state index in [2.05, 4.69) is 5.32 Å². The van der Waals surface area contributed by atoms with Crippen LogP contribution in [-0.4, -0.2) is 35.8 Å². The van der Waals surface area contributed by atoms with Crippen LogP contribution in [0.4, 0.5) is 23.7 Å². The van der Waals surface area contributed by atoms with Crippen molar-refractivity contribution in [2.24, 2.45) is 0 Å². The second-order valence-electron chi connectivity index (χ2n) is 7.00. The normalized spacial score (nSPS) is 18.5. The summed E-state index contributed by atoms with van der Waals surface area (Å²) in [6.07, 6.45) is -4.62. The molecule has 1 N–H and O–H groups in total. The topological polar surface area (TPSA) is 93.5 Å². The number of amides is 4. The van der Waals surface area contributed by atoms with Crippen LogP contribution in [0.2, 0.25) is 0 Å². The number of rotatable bonds is 5. The Morgan fingerprint density at radius 1 is 1.16 bits per heavy atom. The van der Waals surface area contributed by atoms with Gasteiger partial charge in [0.05, 0.1) is 11.6 Å². The van der Waals surface area contributed by atoms with Crippen LogP contribution in [-0.2, 0) is 21.3 Å². The monoisotopic (exact) mass is 430 g/mol. The summed E-state index contributed by atoms with van der Waals surface area (Å²) in [4.78, 5) is 39.9. The number of halogens is 3. The van der Waals surface area contributed by atoms with Crippen molar-refractivity contribution in [1.82, 2.24) is 10.2 Å². The fourth-order valence-corrected chi connectivity index (χ4v) is 3.27. The second kappa shape index (κ2) is 8.10. The highest BCUT2D eigenvalue weighted by Crippen LogP contribution is 2.34. The van der Waals surface area contributed by atoms with Crippen molar-refractivity contribution in [2.45, 2.75) is 18.6 Å². The number of anilines is 1. The molecule has 1 fully saturated rings. The zero-order valence-electron chi connectivity index (χ0n) is 16.3. The average Bonchev–Trinajstić information content (AvgIpc) is 2.96. The summed E-state index contributed by atoms with van der Waals surface area (Å²) in [5.74, 6) is -1.56. The molecule has 7 nitrogen and oxygen atoms in total. The smallest absolute Gasteiger partial charge is 0.319 e. The van der Waals surface area contributed by atoms with Crippen LogP contribution in [0.1, 0.15) is 18.1 Å². The summed E-state index contributed by atoms with van der Waals surface area (Å²) in [7, 11) is 0. The van der Waals surface area contributed by atoms with Gasteiger partial charge in [0.2, 0.25) is 5.91 Å². The van der Waals surface area contributed by atoms with Gasteiger partial charge in [-0.25, -0.2) is 4.79 Å². The summed E-state index contributed by atoms with van der Waals surface area (Å²) in [5.41, 5.74) is -2.40. The first kappa shape index (κ1) is 21.8. The van der Waals surface area contributed by atoms with Gasteiger partial charge in [0.25, 0.3) is 5.91 Å². The van der Waals surface area contributed by atoms with Crippen molar-refractivity contribution in [3.05, 3.63) is 65.7 Å². The molecule has 0 saturated carbocycles. The van der Waals surface area contributed by atoms with Crippen LogP contribution in [0.3, 0.4) is 0 Å². The van der Waals surface area contributed by atoms with Crippen LogP contribution in [0, 0.1) is 11.3 Å². The number of nitrogens with zero attached hydrogens (tertiary/aromatic N) is 3. The van der Waals surface area contributed by atoms with Gasteiger partial charge in [0.15, 0.2) is 0 Å². The van der Waals surface area contributed by atoms with E-state index in [0.29, 0.717) is 10.6 Å². The first-order valence-electron chi connectivity index (χ1n) is 9.12. The highest BCUT2D eigenvalue weighted by atomic mass is 19.4. The molecule has 160 valence electrons. The first-order valence-corrected chi connectivity index (χ1v) is 9.12. The number of nitriles is 1. The molecular weight excluding hydrogens is 413 g/mol. The number of benzene rings is 2. The third kappa shape index (κ3) is 4.21. The highest BCUT2D eigenvalue weighted by molar-refractivity contribution is 6.10. The number of para-hydroxylation sites is 1. The lowest BCUT2D eigenvalue weighted by Gasteiger charge is -2.24. The number of carbonyl (C=O) groups is 3. The van der Waals surface area contributed by atoms with Crippen LogP contribution >= 0.6 is 0 Å². The van der Waals surface area contributed by atoms with Crippen LogP contribution in [0.25, 0.3) is 0 Å². The first-order chi connectivity index (χ1) is 14.6. The van der Waals surface area contributed by atoms with Gasteiger partial charge in [-0.05, 0) is 36.8 Å². The zero-order chi connectivity index (χ0) is 22.8. The summed E-state index contributed by atoms with van der Waals surface area (Å²) in [6, 6.07) is 13.2. The fraction of sp³-hybridized carbons (Fsp3) is 0.238. The Balaban J connectivity index is 1.86. The van der Waals surface area contributed by atoms with Gasteiger partial charge in [-0.1, -0.05) is 30.3 Å². The number of hydrogen-bond acceptors (Lipinski definition) is 4. The lowest BCUT2D eigenvalue weighted by Crippen LogP contribution is -2.45. The van der Waals surface area contributed by atoms with E-state index in [1.807, 2.05) is 6.07 Å². The highest BCUT2D eigenvalue weighted by Gasteiger charge is 2.50. The molecule has 31 heavy (non-hydrogen) atoms. The molecule has 0 aliphatic carbocycles. The molecule has 1 aliphatic rings. The van der Waals surface area contributed by atoms with E-state index in [4.69, 9.17) is 5.26 Å². The van der Waals surface area contributed by atoms with Gasteiger partial charge < -0.3 is 5.32 Å². The molecule has 4 amide bonds. The molecule has 0 radical (unpaired) electrons. The summed E-state index contributed by atoms with van der Waals surface area (Å²) in [6.45, 7) is 0.296. The van der Waals surface area contributed by atoms with Gasteiger partial charge in [-0.15, -0.1) is 0 Å². The minimum absolute atomic E-state index is 0.0624. The van der Waals surface area contributed by atoms with E-state index in [1.165, 1.54) is 13.0 Å². The number of imide groups is 1. The van der Waals surface area contributed by atoms with Crippen LogP contribution < -0.4 is 10.2 Å². The van der Waals surface area contributed by atoms with E-state index in [1.54, 1.807) is 30.3 Å². The molecule has 10 heteroatoms. The SMILES string of the molecule is CC1(c2cccc(C(F)(F)F)c2)NC(=O)N(CC(=O)N(CC#N)c2ccccc2)C1=O. The molecule has 2 aromatic carbocycles. The number of nitrogens with one attached hydrogen (secondary N) is 1. The van der Waals surface area contributed by atoms with E-state index in [-0.39, 0.29) is 12.1 Å². The van der Waals surface area contributed by atoms with Crippen molar-refractivity contribution in [2.75, 3.05) is 18.0 Å². The van der Waals surface area contributed by atoms with Gasteiger partial charge in [-0.3, -0.25) is 19.4 Å². The zero-order valence-corrected chi connectivity index (χ0v) is 16.3. The maximum absolute atomic E-state index is 13.1. The molecule has 0 aromatic heterocycles. The molecule has 1 atom stereocenters. The maximum Gasteiger partial charge on any atom is 0.416 e. The molecule has 0 bridgehead atoms. The number of urea groups is 1. The number of carbonyl (C=O) groups excluding carboxylic acids is 3. The fourth-order valence-electron chi connectivity index (χ4n) is 3.27. The summed E-state index contributed by atoms with van der Waals surface area (Å²) in [5, 5.41) is 11.4. The minimum Gasteiger partial charge on any atom is -0.319 e. The Morgan fingerprint density at radius 3 is 2.45 bits per heavy atom. The van der Waals surface area contributed by atoms with Gasteiger partial charge in [-0.2, -0.15) is 18.4 Å². The van der Waals surface area contributed by atoms with E-state index < -0.39 is 41.7 Å². The lowest BCUT2D eigenvalue weighted by atomic mass is 9.90. The van der Waals surface area contributed by atoms with E-state index in [0.717, 1.165) is 23.1 Å². The van der Waals surface area contributed by atoms with E-state index in [9.17, 15) is 27.6 Å². The molecule has 1 saturated heterocycles. The Kier molecular flexibility index (Phi) is 5.71. The predicted molar refractivity (Wildman–Crippen MR) is 103 cm³/mol. The van der Waals surface area contributed by atoms with Gasteiger partial charge >= 0.3 is 12.2 Å². The van der Waals surface area contributed by atoms with Crippen molar-refractivity contribution < 1.29 is 27.6 Å². The molecule has 1 heterocycles. The molecule has 1 aliphatic heterocycles. The van der Waals surface area contributed by atoms with Crippen LogP contribution in [0.5, 0.6) is 0 Å². The van der Waals surface area contributed by atoms with Crippen molar-refractivity contribution in [1.29, 1.82) is 5.26 Å². The van der Waals surface area contributed by atoms with Crippen molar-refractivity contribution in [3.63, 3.8) is 0 Å². The molecular formula is C21H17F3N4O3. The third-order valence-electron chi connectivity index (χ3n) is 4.93. The summed E-state index contributed by atoms with van der Waals surface area (Å²) >= 11 is 0. The standard InChI is InChI=1S/C21H17F3N4O3/c1-20(14-6-5-7-15(12-14)21(22,23)24)18(30)28(19(31)26-20)13-17(29)27(11-10-25)16-8-3-2-4-9-16/h2-9,12H,11,13H2,1H3,(H,26,31). The Bertz CT molecular complexity index is 1070. The van der Waals surface area contributed by atoms with Gasteiger partial charge in [0.1, 0.15) is 18.6 Å². The van der Waals surface area contributed by atoms with Crippen LogP contribution in [0.15, 0.2) is 54.6 Å². The minimum atomic E-state index is -4.62. The molecule has 1 unspecified atom stereocenters. The second-order valence-corrected chi connectivity index (χ2v) is 7.00. The van der Waals surface area contributed by atoms with Gasteiger partial charge in [0, 0.05) is 5.69 Å². The lowest BCUT2D eigenvalue weighted by molar-refractivity contribution is -0.138. The predicted octanol–water partition coefficient (Wildman–Crippen LogP) is 3.03. The third-order valence-corrected chi connectivity index (χ3v) is 4.93. The molecule has 0 spiro atoms. The number of alkyl halides is 3. The quantitative estimate of drug-likeness (QED) is 0.583. The van der Waals surface area contributed by atoms with E-state index >= 15 is 0 Å². The van der Waals surface area contributed by atoms with Crippen molar-refractivity contribution >= 4 is 23.5 Å². The molecule has 3 rings (SSSR count).